The molecule has 0 aliphatic carbocycles. The highest BCUT2D eigenvalue weighted by Gasteiger charge is 2.17. The van der Waals surface area contributed by atoms with Crippen LogP contribution < -0.4 is 5.43 Å². The molecule has 0 saturated heterocycles. The number of phenolic OH excluding ortho intramolecular Hbond substituents is 1. The number of para-hydroxylation sites is 1. The van der Waals surface area contributed by atoms with Gasteiger partial charge in [0.05, 0.1) is 10.4 Å². The first-order chi connectivity index (χ1) is 12.1. The Bertz CT molecular complexity index is 1180. The summed E-state index contributed by atoms with van der Waals surface area (Å²) in [7, 11) is 0. The molecule has 0 bridgehead atoms. The molecule has 0 unspecified atom stereocenters. The van der Waals surface area contributed by atoms with Crippen LogP contribution >= 0.6 is 11.6 Å². The van der Waals surface area contributed by atoms with Gasteiger partial charge in [0.25, 0.3) is 0 Å². The number of aromatic nitrogens is 1. The zero-order valence-corrected chi connectivity index (χ0v) is 14.2. The van der Waals surface area contributed by atoms with Crippen molar-refractivity contribution in [1.29, 1.82) is 0 Å². The highest BCUT2D eigenvalue weighted by atomic mass is 35.5. The Balaban J connectivity index is 1.92. The van der Waals surface area contributed by atoms with Crippen molar-refractivity contribution in [3.8, 4) is 5.75 Å². The number of pyridine rings is 1. The van der Waals surface area contributed by atoms with Gasteiger partial charge in [0.15, 0.2) is 5.43 Å². The Kier molecular flexibility index (Phi) is 3.70. The van der Waals surface area contributed by atoms with Crippen molar-refractivity contribution < 1.29 is 9.52 Å². The molecule has 0 atom stereocenters. The van der Waals surface area contributed by atoms with Gasteiger partial charge in [0.1, 0.15) is 22.6 Å². The molecule has 25 heavy (non-hydrogen) atoms. The van der Waals surface area contributed by atoms with Crippen LogP contribution in [0, 0.1) is 6.92 Å². The summed E-state index contributed by atoms with van der Waals surface area (Å²) in [6.45, 7) is 1.75. The van der Waals surface area contributed by atoms with E-state index in [0.717, 1.165) is 0 Å². The number of phenols is 1. The quantitative estimate of drug-likeness (QED) is 0.573. The molecule has 2 aromatic carbocycles. The SMILES string of the molecule is Cc1oc2ccccc2c(=O)c1Cc1cc(Cl)c2cccnc2c1O. The predicted octanol–water partition coefficient (Wildman–Crippen LogP) is 4.60. The fourth-order valence-corrected chi connectivity index (χ4v) is 3.34. The van der Waals surface area contributed by atoms with Crippen molar-refractivity contribution in [1.82, 2.24) is 4.98 Å². The summed E-state index contributed by atoms with van der Waals surface area (Å²) in [5, 5.41) is 12.3. The Morgan fingerprint density at radius 3 is 2.76 bits per heavy atom. The summed E-state index contributed by atoms with van der Waals surface area (Å²) in [4.78, 5) is 17.0. The fourth-order valence-electron chi connectivity index (χ4n) is 3.06. The Morgan fingerprint density at radius 1 is 1.16 bits per heavy atom. The number of hydrogen-bond donors (Lipinski definition) is 1. The van der Waals surface area contributed by atoms with Crippen LogP contribution in [0.1, 0.15) is 16.9 Å². The van der Waals surface area contributed by atoms with Gasteiger partial charge >= 0.3 is 0 Å². The molecule has 124 valence electrons. The number of aryl methyl sites for hydroxylation is 1. The lowest BCUT2D eigenvalue weighted by atomic mass is 10.00. The smallest absolute Gasteiger partial charge is 0.196 e. The molecule has 4 aromatic rings. The average Bonchev–Trinajstić information content (AvgIpc) is 2.62. The molecule has 2 heterocycles. The summed E-state index contributed by atoms with van der Waals surface area (Å²) in [5.41, 5.74) is 1.92. The lowest BCUT2D eigenvalue weighted by Crippen LogP contribution is -2.12. The molecular weight excluding hydrogens is 338 g/mol. The maximum absolute atomic E-state index is 12.8. The number of rotatable bonds is 2. The third kappa shape index (κ3) is 2.55. The van der Waals surface area contributed by atoms with Crippen LogP contribution in [0.25, 0.3) is 21.9 Å². The van der Waals surface area contributed by atoms with Crippen LogP contribution in [0.15, 0.2) is 57.9 Å². The highest BCUT2D eigenvalue weighted by Crippen LogP contribution is 2.34. The van der Waals surface area contributed by atoms with Crippen LogP contribution in [-0.4, -0.2) is 10.1 Å². The monoisotopic (exact) mass is 351 g/mol. The summed E-state index contributed by atoms with van der Waals surface area (Å²) in [5.74, 6) is 0.562. The van der Waals surface area contributed by atoms with Crippen molar-refractivity contribution in [3.63, 3.8) is 0 Å². The molecule has 2 aromatic heterocycles. The van der Waals surface area contributed by atoms with Gasteiger partial charge in [-0.25, -0.2) is 0 Å². The van der Waals surface area contributed by atoms with E-state index in [0.29, 0.717) is 43.8 Å². The highest BCUT2D eigenvalue weighted by molar-refractivity contribution is 6.35. The lowest BCUT2D eigenvalue weighted by Gasteiger charge is -2.11. The van der Waals surface area contributed by atoms with Gasteiger partial charge in [-0.2, -0.15) is 0 Å². The Morgan fingerprint density at radius 2 is 1.92 bits per heavy atom. The minimum Gasteiger partial charge on any atom is -0.505 e. The van der Waals surface area contributed by atoms with E-state index in [4.69, 9.17) is 16.0 Å². The molecule has 5 heteroatoms. The van der Waals surface area contributed by atoms with Crippen LogP contribution in [0.4, 0.5) is 0 Å². The topological polar surface area (TPSA) is 63.3 Å². The summed E-state index contributed by atoms with van der Waals surface area (Å²) in [6.07, 6.45) is 1.81. The van der Waals surface area contributed by atoms with Crippen molar-refractivity contribution in [2.75, 3.05) is 0 Å². The summed E-state index contributed by atoms with van der Waals surface area (Å²) >= 11 is 6.32. The van der Waals surface area contributed by atoms with E-state index in [9.17, 15) is 9.90 Å². The lowest BCUT2D eigenvalue weighted by molar-refractivity contribution is 0.474. The zero-order valence-electron chi connectivity index (χ0n) is 13.4. The molecule has 0 fully saturated rings. The van der Waals surface area contributed by atoms with Gasteiger partial charge in [-0.15, -0.1) is 0 Å². The van der Waals surface area contributed by atoms with Crippen LogP contribution in [0.5, 0.6) is 5.75 Å². The number of nitrogens with zero attached hydrogens (tertiary/aromatic N) is 1. The minimum atomic E-state index is -0.101. The predicted molar refractivity (Wildman–Crippen MR) is 98.4 cm³/mol. The van der Waals surface area contributed by atoms with E-state index < -0.39 is 0 Å². The van der Waals surface area contributed by atoms with E-state index in [2.05, 4.69) is 4.98 Å². The second kappa shape index (κ2) is 5.90. The number of halogens is 1. The maximum Gasteiger partial charge on any atom is 0.196 e. The number of fused-ring (bicyclic) bond motifs is 2. The summed E-state index contributed by atoms with van der Waals surface area (Å²) < 4.78 is 5.77. The summed E-state index contributed by atoms with van der Waals surface area (Å²) in [6, 6.07) is 12.4. The van der Waals surface area contributed by atoms with E-state index >= 15 is 0 Å². The Labute approximate surface area is 148 Å². The molecule has 4 rings (SSSR count). The standard InChI is InChI=1S/C20H14ClNO3/c1-11-15(20(24)14-5-2-3-7-17(14)25-11)9-12-10-16(21)13-6-4-8-22-18(13)19(12)23/h2-8,10,23H,9H2,1H3. The first-order valence-corrected chi connectivity index (χ1v) is 8.20. The van der Waals surface area contributed by atoms with Gasteiger partial charge in [-0.05, 0) is 37.3 Å². The fraction of sp³-hybridized carbons (Fsp3) is 0.100. The maximum atomic E-state index is 12.8. The first kappa shape index (κ1) is 15.7. The van der Waals surface area contributed by atoms with Crippen molar-refractivity contribution in [2.45, 2.75) is 13.3 Å². The van der Waals surface area contributed by atoms with E-state index in [1.807, 2.05) is 6.07 Å². The molecule has 4 nitrogen and oxygen atoms in total. The molecule has 0 aliphatic heterocycles. The van der Waals surface area contributed by atoms with E-state index in [1.165, 1.54) is 0 Å². The zero-order chi connectivity index (χ0) is 17.6. The molecule has 0 aliphatic rings. The largest absolute Gasteiger partial charge is 0.505 e. The van der Waals surface area contributed by atoms with Crippen LogP contribution in [0.3, 0.4) is 0 Å². The molecule has 0 spiro atoms. The van der Waals surface area contributed by atoms with E-state index in [1.54, 1.807) is 49.5 Å². The van der Waals surface area contributed by atoms with Gasteiger partial charge < -0.3 is 9.52 Å². The van der Waals surface area contributed by atoms with Gasteiger partial charge in [0.2, 0.25) is 0 Å². The molecule has 0 saturated carbocycles. The second-order valence-corrected chi connectivity index (χ2v) is 6.31. The Hall–Kier alpha value is -2.85. The first-order valence-electron chi connectivity index (χ1n) is 7.82. The minimum absolute atomic E-state index is 0.0342. The average molecular weight is 352 g/mol. The van der Waals surface area contributed by atoms with Crippen LogP contribution in [0.2, 0.25) is 5.02 Å². The van der Waals surface area contributed by atoms with Gasteiger partial charge in [-0.3, -0.25) is 9.78 Å². The number of hydrogen-bond acceptors (Lipinski definition) is 4. The van der Waals surface area contributed by atoms with Crippen molar-refractivity contribution >= 4 is 33.5 Å². The van der Waals surface area contributed by atoms with Crippen molar-refractivity contribution in [2.24, 2.45) is 0 Å². The molecule has 0 radical (unpaired) electrons. The van der Waals surface area contributed by atoms with Crippen molar-refractivity contribution in [3.05, 3.63) is 80.8 Å². The van der Waals surface area contributed by atoms with E-state index in [-0.39, 0.29) is 17.6 Å². The third-order valence-electron chi connectivity index (χ3n) is 4.36. The molecule has 1 N–H and O–H groups in total. The number of benzene rings is 2. The molecule has 0 amide bonds. The van der Waals surface area contributed by atoms with Gasteiger partial charge in [0, 0.05) is 29.1 Å². The third-order valence-corrected chi connectivity index (χ3v) is 4.67. The molecular formula is C20H14ClNO3. The normalized spacial score (nSPS) is 11.3. The van der Waals surface area contributed by atoms with Gasteiger partial charge in [-0.1, -0.05) is 23.7 Å². The number of aromatic hydroxyl groups is 1. The van der Waals surface area contributed by atoms with Crippen LogP contribution in [-0.2, 0) is 6.42 Å². The second-order valence-electron chi connectivity index (χ2n) is 5.90.